The minimum atomic E-state index is -0.504. The second-order valence-corrected chi connectivity index (χ2v) is 3.75. The predicted molar refractivity (Wildman–Crippen MR) is 62.0 cm³/mol. The van der Waals surface area contributed by atoms with Crippen LogP contribution in [0, 0.1) is 0 Å². The molecule has 96 valence electrons. The Kier molecular flexibility index (Phi) is 4.96. The molecule has 0 fully saturated rings. The molecule has 1 heterocycles. The molecule has 6 nitrogen and oxygen atoms in total. The molecular formula is C11H18N2O4. The van der Waals surface area contributed by atoms with Crippen LogP contribution < -0.4 is 4.90 Å². The monoisotopic (exact) mass is 242 g/mol. The highest BCUT2D eigenvalue weighted by Gasteiger charge is 2.19. The molecule has 1 N–H and O–H groups in total. The van der Waals surface area contributed by atoms with Crippen molar-refractivity contribution in [2.75, 3.05) is 24.7 Å². The van der Waals surface area contributed by atoms with Crippen molar-refractivity contribution in [3.05, 3.63) is 12.0 Å². The number of hydrogen-bond donors (Lipinski definition) is 1. The third-order valence-corrected chi connectivity index (χ3v) is 2.19. The molecule has 0 saturated heterocycles. The molecule has 0 aliphatic rings. The van der Waals surface area contributed by atoms with Crippen LogP contribution in [0.4, 0.5) is 6.01 Å². The van der Waals surface area contributed by atoms with Gasteiger partial charge in [-0.3, -0.25) is 0 Å². The normalized spacial score (nSPS) is 10.6. The van der Waals surface area contributed by atoms with Crippen molar-refractivity contribution < 1.29 is 19.1 Å². The van der Waals surface area contributed by atoms with E-state index in [1.807, 2.05) is 13.8 Å². The lowest BCUT2D eigenvalue weighted by atomic mass is 10.3. The standard InChI is InChI=1S/C11H18N2O4/c1-4-16-10(15)9-7-17-11(12-9)13(5-6-14)8(2)3/h7-8,14H,4-6H2,1-3H3. The first-order valence-electron chi connectivity index (χ1n) is 5.60. The number of oxazole rings is 1. The summed E-state index contributed by atoms with van der Waals surface area (Å²) in [6.45, 7) is 6.32. The molecule has 0 aliphatic heterocycles. The van der Waals surface area contributed by atoms with E-state index in [-0.39, 0.29) is 18.3 Å². The highest BCUT2D eigenvalue weighted by atomic mass is 16.5. The molecule has 0 spiro atoms. The molecule has 0 aromatic carbocycles. The molecule has 0 radical (unpaired) electrons. The van der Waals surface area contributed by atoms with Gasteiger partial charge in [-0.05, 0) is 20.8 Å². The first kappa shape index (κ1) is 13.5. The van der Waals surface area contributed by atoms with Gasteiger partial charge in [0.25, 0.3) is 6.01 Å². The fourth-order valence-electron chi connectivity index (χ4n) is 1.38. The number of anilines is 1. The Balaban J connectivity index is 2.81. The van der Waals surface area contributed by atoms with Gasteiger partial charge in [-0.25, -0.2) is 4.79 Å². The fraction of sp³-hybridized carbons (Fsp3) is 0.636. The number of esters is 1. The zero-order chi connectivity index (χ0) is 12.8. The van der Waals surface area contributed by atoms with Gasteiger partial charge in [0.05, 0.1) is 13.2 Å². The van der Waals surface area contributed by atoms with Gasteiger partial charge in [0.2, 0.25) is 0 Å². The third kappa shape index (κ3) is 3.45. The fourth-order valence-corrected chi connectivity index (χ4v) is 1.38. The van der Waals surface area contributed by atoms with Crippen molar-refractivity contribution >= 4 is 12.0 Å². The summed E-state index contributed by atoms with van der Waals surface area (Å²) >= 11 is 0. The second kappa shape index (κ2) is 6.24. The number of ether oxygens (including phenoxy) is 1. The van der Waals surface area contributed by atoms with Gasteiger partial charge in [-0.15, -0.1) is 0 Å². The molecule has 0 unspecified atom stereocenters. The zero-order valence-electron chi connectivity index (χ0n) is 10.3. The van der Waals surface area contributed by atoms with Crippen LogP contribution in [0.3, 0.4) is 0 Å². The smallest absolute Gasteiger partial charge is 0.360 e. The first-order chi connectivity index (χ1) is 8.10. The van der Waals surface area contributed by atoms with Crippen molar-refractivity contribution in [2.45, 2.75) is 26.8 Å². The molecule has 0 amide bonds. The lowest BCUT2D eigenvalue weighted by molar-refractivity contribution is 0.0519. The first-order valence-corrected chi connectivity index (χ1v) is 5.60. The van der Waals surface area contributed by atoms with E-state index in [2.05, 4.69) is 4.98 Å². The minimum absolute atomic E-state index is 0.00466. The molecule has 0 atom stereocenters. The Morgan fingerprint density at radius 1 is 1.65 bits per heavy atom. The Labute approximate surface area is 100 Å². The summed E-state index contributed by atoms with van der Waals surface area (Å²) < 4.78 is 10.0. The highest BCUT2D eigenvalue weighted by molar-refractivity contribution is 5.87. The zero-order valence-corrected chi connectivity index (χ0v) is 10.3. The number of aliphatic hydroxyl groups is 1. The van der Waals surface area contributed by atoms with Crippen LogP contribution >= 0.6 is 0 Å². The van der Waals surface area contributed by atoms with E-state index < -0.39 is 5.97 Å². The summed E-state index contributed by atoms with van der Waals surface area (Å²) in [6, 6.07) is 0.438. The summed E-state index contributed by atoms with van der Waals surface area (Å²) in [7, 11) is 0. The van der Waals surface area contributed by atoms with E-state index in [4.69, 9.17) is 14.3 Å². The van der Waals surface area contributed by atoms with E-state index in [1.165, 1.54) is 6.26 Å². The second-order valence-electron chi connectivity index (χ2n) is 3.75. The van der Waals surface area contributed by atoms with Gasteiger partial charge in [0.1, 0.15) is 6.26 Å². The van der Waals surface area contributed by atoms with Crippen LogP contribution in [-0.2, 0) is 4.74 Å². The quantitative estimate of drug-likeness (QED) is 0.752. The SMILES string of the molecule is CCOC(=O)c1coc(N(CCO)C(C)C)n1. The maximum Gasteiger partial charge on any atom is 0.360 e. The van der Waals surface area contributed by atoms with Crippen molar-refractivity contribution in [2.24, 2.45) is 0 Å². The van der Waals surface area contributed by atoms with Crippen molar-refractivity contribution in [1.29, 1.82) is 0 Å². The Hall–Kier alpha value is -1.56. The number of aromatic nitrogens is 1. The molecule has 1 aromatic rings. The van der Waals surface area contributed by atoms with E-state index in [0.717, 1.165) is 0 Å². The Morgan fingerprint density at radius 2 is 2.35 bits per heavy atom. The minimum Gasteiger partial charge on any atom is -0.461 e. The van der Waals surface area contributed by atoms with E-state index in [9.17, 15) is 4.79 Å². The largest absolute Gasteiger partial charge is 0.461 e. The Morgan fingerprint density at radius 3 is 2.88 bits per heavy atom. The maximum absolute atomic E-state index is 11.4. The van der Waals surface area contributed by atoms with Crippen molar-refractivity contribution in [3.8, 4) is 0 Å². The van der Waals surface area contributed by atoms with Crippen molar-refractivity contribution in [1.82, 2.24) is 4.98 Å². The number of rotatable bonds is 6. The predicted octanol–water partition coefficient (Wildman–Crippen LogP) is 1.06. The number of carbonyl (C=O) groups excluding carboxylic acids is 1. The molecule has 0 aliphatic carbocycles. The molecular weight excluding hydrogens is 224 g/mol. The highest BCUT2D eigenvalue weighted by Crippen LogP contribution is 2.16. The summed E-state index contributed by atoms with van der Waals surface area (Å²) in [4.78, 5) is 17.2. The van der Waals surface area contributed by atoms with E-state index in [1.54, 1.807) is 11.8 Å². The Bertz CT molecular complexity index is 362. The number of nitrogens with zero attached hydrogens (tertiary/aromatic N) is 2. The summed E-state index contributed by atoms with van der Waals surface area (Å²) in [6.07, 6.45) is 1.26. The maximum atomic E-state index is 11.4. The molecule has 0 bridgehead atoms. The van der Waals surface area contributed by atoms with E-state index >= 15 is 0 Å². The molecule has 0 saturated carbocycles. The summed E-state index contributed by atoms with van der Waals surface area (Å²) in [5.41, 5.74) is 0.144. The summed E-state index contributed by atoms with van der Waals surface area (Å²) in [5.74, 6) is -0.504. The summed E-state index contributed by atoms with van der Waals surface area (Å²) in [5, 5.41) is 8.94. The third-order valence-electron chi connectivity index (χ3n) is 2.19. The van der Waals surface area contributed by atoms with E-state index in [0.29, 0.717) is 19.2 Å². The lowest BCUT2D eigenvalue weighted by Gasteiger charge is -2.23. The topological polar surface area (TPSA) is 75.8 Å². The van der Waals surface area contributed by atoms with Gasteiger partial charge < -0.3 is 19.2 Å². The van der Waals surface area contributed by atoms with Crippen LogP contribution in [-0.4, -0.2) is 41.9 Å². The van der Waals surface area contributed by atoms with Gasteiger partial charge in [-0.2, -0.15) is 4.98 Å². The van der Waals surface area contributed by atoms with Crippen LogP contribution in [0.1, 0.15) is 31.3 Å². The van der Waals surface area contributed by atoms with Crippen LogP contribution in [0.2, 0.25) is 0 Å². The molecule has 6 heteroatoms. The van der Waals surface area contributed by atoms with Crippen molar-refractivity contribution in [3.63, 3.8) is 0 Å². The van der Waals surface area contributed by atoms with Gasteiger partial charge in [0, 0.05) is 12.6 Å². The number of hydrogen-bond acceptors (Lipinski definition) is 6. The molecule has 17 heavy (non-hydrogen) atoms. The average Bonchev–Trinajstić information content (AvgIpc) is 2.74. The van der Waals surface area contributed by atoms with Crippen LogP contribution in [0.25, 0.3) is 0 Å². The average molecular weight is 242 g/mol. The molecule has 1 aromatic heterocycles. The lowest BCUT2D eigenvalue weighted by Crippen LogP contribution is -2.33. The number of carbonyl (C=O) groups is 1. The van der Waals surface area contributed by atoms with Gasteiger partial charge >= 0.3 is 5.97 Å². The molecule has 1 rings (SSSR count). The van der Waals surface area contributed by atoms with Gasteiger partial charge in [-0.1, -0.05) is 0 Å². The van der Waals surface area contributed by atoms with Gasteiger partial charge in [0.15, 0.2) is 5.69 Å². The number of aliphatic hydroxyl groups excluding tert-OH is 1. The van der Waals surface area contributed by atoms with Crippen LogP contribution in [0.5, 0.6) is 0 Å². The van der Waals surface area contributed by atoms with Crippen LogP contribution in [0.15, 0.2) is 10.7 Å².